The summed E-state index contributed by atoms with van der Waals surface area (Å²) in [7, 11) is 0. The number of ketones is 1. The van der Waals surface area contributed by atoms with Crippen LogP contribution in [0.25, 0.3) is 22.2 Å². The fourth-order valence-corrected chi connectivity index (χ4v) is 3.37. The van der Waals surface area contributed by atoms with Gasteiger partial charge in [-0.05, 0) is 50.2 Å². The van der Waals surface area contributed by atoms with Gasteiger partial charge in [-0.3, -0.25) is 9.59 Å². The highest BCUT2D eigenvalue weighted by molar-refractivity contribution is 5.94. The number of para-hydroxylation sites is 1. The number of benzene rings is 3. The Labute approximate surface area is 180 Å². The predicted octanol–water partition coefficient (Wildman–Crippen LogP) is 5.16. The Morgan fingerprint density at radius 2 is 1.55 bits per heavy atom. The summed E-state index contributed by atoms with van der Waals surface area (Å²) in [6.07, 6.45) is 0. The van der Waals surface area contributed by atoms with Gasteiger partial charge >= 0.3 is 0 Å². The topological polar surface area (TPSA) is 68.4 Å². The highest BCUT2D eigenvalue weighted by atomic mass is 16.5. The lowest BCUT2D eigenvalue weighted by Crippen LogP contribution is -2.16. The van der Waals surface area contributed by atoms with E-state index in [9.17, 15) is 9.59 Å². The number of carbonyl (C=O) groups excluding carboxylic acids is 1. The van der Waals surface area contributed by atoms with Crippen LogP contribution in [0.1, 0.15) is 22.8 Å². The van der Waals surface area contributed by atoms with E-state index in [2.05, 4.69) is 4.98 Å². The number of aryl methyl sites for hydroxylation is 1. The molecule has 0 amide bonds. The summed E-state index contributed by atoms with van der Waals surface area (Å²) in [5.41, 5.74) is 3.90. The van der Waals surface area contributed by atoms with Crippen LogP contribution in [0, 0.1) is 6.92 Å². The van der Waals surface area contributed by atoms with Crippen molar-refractivity contribution < 1.29 is 14.3 Å². The Bertz CT molecular complexity index is 1270. The molecule has 3 aromatic carbocycles. The van der Waals surface area contributed by atoms with Crippen LogP contribution in [0.4, 0.5) is 0 Å². The summed E-state index contributed by atoms with van der Waals surface area (Å²) in [4.78, 5) is 27.9. The minimum absolute atomic E-state index is 0.00838. The number of hydrogen-bond acceptors (Lipinski definition) is 4. The molecular weight excluding hydrogens is 390 g/mol. The molecule has 0 spiro atoms. The Morgan fingerprint density at radius 3 is 2.26 bits per heavy atom. The summed E-state index contributed by atoms with van der Waals surface area (Å²) in [5.74, 6) is 0.923. The molecule has 1 N–H and O–H groups in total. The fourth-order valence-electron chi connectivity index (χ4n) is 3.37. The van der Waals surface area contributed by atoms with Gasteiger partial charge in [0.2, 0.25) is 5.43 Å². The number of aromatic amines is 1. The van der Waals surface area contributed by atoms with E-state index in [1.807, 2.05) is 49.4 Å². The molecule has 1 aromatic heterocycles. The summed E-state index contributed by atoms with van der Waals surface area (Å²) >= 11 is 0. The van der Waals surface area contributed by atoms with Gasteiger partial charge < -0.3 is 14.5 Å². The van der Waals surface area contributed by atoms with Crippen LogP contribution in [0.2, 0.25) is 0 Å². The third kappa shape index (κ3) is 4.51. The lowest BCUT2D eigenvalue weighted by atomic mass is 10.1. The summed E-state index contributed by atoms with van der Waals surface area (Å²) in [6.45, 7) is 4.01. The number of hydrogen-bond donors (Lipinski definition) is 1. The average Bonchev–Trinajstić information content (AvgIpc) is 2.78. The molecule has 5 heteroatoms. The normalized spacial score (nSPS) is 10.8. The molecule has 0 aliphatic heterocycles. The number of ether oxygens (including phenoxy) is 2. The van der Waals surface area contributed by atoms with Crippen molar-refractivity contribution in [1.29, 1.82) is 0 Å². The van der Waals surface area contributed by atoms with Crippen LogP contribution >= 0.6 is 0 Å². The second-order valence-corrected chi connectivity index (χ2v) is 7.35. The predicted molar refractivity (Wildman–Crippen MR) is 122 cm³/mol. The van der Waals surface area contributed by atoms with E-state index in [1.54, 1.807) is 30.3 Å². The first kappa shape index (κ1) is 20.4. The standard InChI is InChI=1S/C26H23NO4/c1-17-7-9-20(10-8-17)24-26(25(29)22-5-3-4-6-23(22)27-24)31-16-15-30-21-13-11-19(12-14-21)18(2)28/h3-14H,15-16H2,1-2H3,(H,27,29). The van der Waals surface area contributed by atoms with E-state index in [4.69, 9.17) is 9.47 Å². The zero-order chi connectivity index (χ0) is 21.8. The number of rotatable bonds is 7. The van der Waals surface area contributed by atoms with Crippen LogP contribution in [0.3, 0.4) is 0 Å². The van der Waals surface area contributed by atoms with Crippen LogP contribution < -0.4 is 14.9 Å². The first-order valence-electron chi connectivity index (χ1n) is 10.1. The largest absolute Gasteiger partial charge is 0.490 e. The van der Waals surface area contributed by atoms with Gasteiger partial charge in [-0.15, -0.1) is 0 Å². The van der Waals surface area contributed by atoms with Gasteiger partial charge in [0, 0.05) is 22.0 Å². The van der Waals surface area contributed by atoms with Crippen molar-refractivity contribution in [3.63, 3.8) is 0 Å². The molecular formula is C26H23NO4. The maximum Gasteiger partial charge on any atom is 0.231 e. The van der Waals surface area contributed by atoms with Gasteiger partial charge in [0.15, 0.2) is 11.5 Å². The van der Waals surface area contributed by atoms with Gasteiger partial charge in [0.05, 0.1) is 5.69 Å². The number of pyridine rings is 1. The molecule has 0 saturated heterocycles. The molecule has 0 aliphatic carbocycles. The van der Waals surface area contributed by atoms with Crippen molar-refractivity contribution in [2.24, 2.45) is 0 Å². The zero-order valence-electron chi connectivity index (χ0n) is 17.5. The number of nitrogens with one attached hydrogen (secondary N) is 1. The molecule has 5 nitrogen and oxygen atoms in total. The first-order valence-corrected chi connectivity index (χ1v) is 10.1. The molecule has 4 rings (SSSR count). The molecule has 0 bridgehead atoms. The van der Waals surface area contributed by atoms with E-state index in [-0.39, 0.29) is 30.2 Å². The van der Waals surface area contributed by atoms with Crippen molar-refractivity contribution in [3.8, 4) is 22.8 Å². The quantitative estimate of drug-likeness (QED) is 0.335. The van der Waals surface area contributed by atoms with Crippen molar-refractivity contribution in [2.75, 3.05) is 13.2 Å². The minimum atomic E-state index is -0.157. The lowest BCUT2D eigenvalue weighted by Gasteiger charge is -2.14. The number of Topliss-reactive ketones (excluding diaryl/α,β-unsaturated/α-hetero) is 1. The molecule has 0 fully saturated rings. The Morgan fingerprint density at radius 1 is 0.871 bits per heavy atom. The van der Waals surface area contributed by atoms with Crippen molar-refractivity contribution in [3.05, 3.63) is 94.1 Å². The number of aromatic nitrogens is 1. The van der Waals surface area contributed by atoms with Gasteiger partial charge in [-0.1, -0.05) is 42.0 Å². The van der Waals surface area contributed by atoms with E-state index >= 15 is 0 Å². The van der Waals surface area contributed by atoms with E-state index < -0.39 is 0 Å². The van der Waals surface area contributed by atoms with Crippen molar-refractivity contribution in [2.45, 2.75) is 13.8 Å². The zero-order valence-corrected chi connectivity index (χ0v) is 17.5. The molecule has 0 radical (unpaired) electrons. The average molecular weight is 413 g/mol. The Balaban J connectivity index is 1.56. The monoisotopic (exact) mass is 413 g/mol. The molecule has 1 heterocycles. The smallest absolute Gasteiger partial charge is 0.231 e. The summed E-state index contributed by atoms with van der Waals surface area (Å²) in [6, 6.07) is 22.3. The molecule has 156 valence electrons. The summed E-state index contributed by atoms with van der Waals surface area (Å²) in [5, 5.41) is 0.578. The third-order valence-electron chi connectivity index (χ3n) is 5.06. The second-order valence-electron chi connectivity index (χ2n) is 7.35. The highest BCUT2D eigenvalue weighted by Gasteiger charge is 2.15. The highest BCUT2D eigenvalue weighted by Crippen LogP contribution is 2.28. The number of H-pyrrole nitrogens is 1. The molecule has 4 aromatic rings. The first-order chi connectivity index (χ1) is 15.0. The fraction of sp³-hybridized carbons (Fsp3) is 0.154. The lowest BCUT2D eigenvalue weighted by molar-refractivity contribution is 0.101. The van der Waals surface area contributed by atoms with Crippen LogP contribution in [-0.2, 0) is 0 Å². The number of carbonyl (C=O) groups is 1. The third-order valence-corrected chi connectivity index (χ3v) is 5.06. The van der Waals surface area contributed by atoms with E-state index in [0.29, 0.717) is 22.4 Å². The van der Waals surface area contributed by atoms with Gasteiger partial charge in [0.25, 0.3) is 0 Å². The van der Waals surface area contributed by atoms with Crippen LogP contribution in [-0.4, -0.2) is 24.0 Å². The molecule has 31 heavy (non-hydrogen) atoms. The maximum atomic E-state index is 13.1. The van der Waals surface area contributed by atoms with E-state index in [0.717, 1.165) is 16.6 Å². The molecule has 0 atom stereocenters. The van der Waals surface area contributed by atoms with Gasteiger partial charge in [-0.25, -0.2) is 0 Å². The SMILES string of the molecule is CC(=O)c1ccc(OCCOc2c(-c3ccc(C)cc3)[nH]c3ccccc3c2=O)cc1. The van der Waals surface area contributed by atoms with Crippen LogP contribution in [0.5, 0.6) is 11.5 Å². The van der Waals surface area contributed by atoms with E-state index in [1.165, 1.54) is 6.92 Å². The van der Waals surface area contributed by atoms with Crippen molar-refractivity contribution in [1.82, 2.24) is 4.98 Å². The Hall–Kier alpha value is -3.86. The number of fused-ring (bicyclic) bond motifs is 1. The summed E-state index contributed by atoms with van der Waals surface area (Å²) < 4.78 is 11.6. The minimum Gasteiger partial charge on any atom is -0.490 e. The Kier molecular flexibility index (Phi) is 5.85. The van der Waals surface area contributed by atoms with Gasteiger partial charge in [0.1, 0.15) is 19.0 Å². The van der Waals surface area contributed by atoms with Crippen LogP contribution in [0.15, 0.2) is 77.6 Å². The molecule has 0 saturated carbocycles. The molecule has 0 aliphatic rings. The second kappa shape index (κ2) is 8.88. The van der Waals surface area contributed by atoms with Gasteiger partial charge in [-0.2, -0.15) is 0 Å². The molecule has 0 unspecified atom stereocenters. The van der Waals surface area contributed by atoms with Crippen molar-refractivity contribution >= 4 is 16.7 Å². The maximum absolute atomic E-state index is 13.1.